The van der Waals surface area contributed by atoms with Crippen molar-refractivity contribution in [1.29, 1.82) is 0 Å². The Kier molecular flexibility index (Phi) is 7.42. The number of benzene rings is 2. The Hall–Kier alpha value is -2.75. The Morgan fingerprint density at radius 1 is 1.29 bits per heavy atom. The average molecular weight is 511 g/mol. The number of hydrogen-bond acceptors (Lipinski definition) is 5. The summed E-state index contributed by atoms with van der Waals surface area (Å²) >= 11 is 9.50. The summed E-state index contributed by atoms with van der Waals surface area (Å²) in [6.07, 6.45) is 0. The first-order chi connectivity index (χ1) is 14.8. The van der Waals surface area contributed by atoms with E-state index in [1.54, 1.807) is 43.3 Å². The molecular weight excluding hydrogens is 490 g/mol. The van der Waals surface area contributed by atoms with E-state index >= 15 is 0 Å². The number of allylic oxidation sites excluding steroid dienone is 1. The van der Waals surface area contributed by atoms with Crippen LogP contribution in [-0.2, 0) is 4.79 Å². The zero-order valence-corrected chi connectivity index (χ0v) is 19.1. The molecule has 1 atom stereocenters. The van der Waals surface area contributed by atoms with E-state index in [9.17, 15) is 9.59 Å². The van der Waals surface area contributed by atoms with Crippen molar-refractivity contribution in [2.45, 2.75) is 13.0 Å². The Morgan fingerprint density at radius 3 is 2.74 bits per heavy atom. The third kappa shape index (κ3) is 5.30. The Balaban J connectivity index is 2.00. The number of anilines is 1. The zero-order valence-electron chi connectivity index (χ0n) is 16.8. The standard InChI is InChI=1S/C21H21BrClN3O5/c1-11-18(20(28)25-13-5-3-4-12(23)8-13)19(26-21(29)24-11)14-9-16(30-2)17(10-15(14)22)31-7-6-27/h3-5,8-10,19,27H,6-7H2,1-2H3,(H,25,28)(H2,24,26,29)/t19-/m1/s1. The summed E-state index contributed by atoms with van der Waals surface area (Å²) < 4.78 is 11.5. The number of urea groups is 1. The van der Waals surface area contributed by atoms with Crippen molar-refractivity contribution >= 4 is 45.2 Å². The quantitative estimate of drug-likeness (QED) is 0.454. The SMILES string of the molecule is COc1cc([C@H]2NC(=O)NC(C)=C2C(=O)Nc2cccc(Cl)c2)c(Br)cc1OCCO. The maximum absolute atomic E-state index is 13.2. The molecule has 0 unspecified atom stereocenters. The second kappa shape index (κ2) is 10.0. The molecule has 0 radical (unpaired) electrons. The van der Waals surface area contributed by atoms with E-state index in [2.05, 4.69) is 31.9 Å². The van der Waals surface area contributed by atoms with Crippen LogP contribution >= 0.6 is 27.5 Å². The van der Waals surface area contributed by atoms with Gasteiger partial charge in [0.25, 0.3) is 5.91 Å². The van der Waals surface area contributed by atoms with Crippen LogP contribution in [0.1, 0.15) is 18.5 Å². The number of carbonyl (C=O) groups is 2. The number of aliphatic hydroxyl groups is 1. The van der Waals surface area contributed by atoms with Crippen LogP contribution < -0.4 is 25.4 Å². The minimum absolute atomic E-state index is 0.0958. The van der Waals surface area contributed by atoms with Crippen LogP contribution in [-0.4, -0.2) is 37.4 Å². The lowest BCUT2D eigenvalue weighted by atomic mass is 9.94. The van der Waals surface area contributed by atoms with Crippen LogP contribution in [0.3, 0.4) is 0 Å². The van der Waals surface area contributed by atoms with E-state index in [0.29, 0.717) is 43.5 Å². The molecule has 0 bridgehead atoms. The molecule has 2 aromatic rings. The fourth-order valence-corrected chi connectivity index (χ4v) is 3.93. The van der Waals surface area contributed by atoms with Crippen molar-refractivity contribution in [3.05, 3.63) is 62.7 Å². The van der Waals surface area contributed by atoms with Gasteiger partial charge in [0.1, 0.15) is 6.61 Å². The molecule has 3 amide bonds. The van der Waals surface area contributed by atoms with Crippen molar-refractivity contribution in [1.82, 2.24) is 10.6 Å². The summed E-state index contributed by atoms with van der Waals surface area (Å²) in [6, 6.07) is 8.92. The van der Waals surface area contributed by atoms with Gasteiger partial charge in [-0.3, -0.25) is 4.79 Å². The highest BCUT2D eigenvalue weighted by Crippen LogP contribution is 2.39. The number of nitrogens with one attached hydrogen (secondary N) is 3. The van der Waals surface area contributed by atoms with Crippen molar-refractivity contribution < 1.29 is 24.2 Å². The second-order valence-electron chi connectivity index (χ2n) is 6.63. The second-order valence-corrected chi connectivity index (χ2v) is 7.92. The molecule has 2 aromatic carbocycles. The maximum atomic E-state index is 13.2. The van der Waals surface area contributed by atoms with Crippen LogP contribution in [0.4, 0.5) is 10.5 Å². The van der Waals surface area contributed by atoms with Gasteiger partial charge in [-0.2, -0.15) is 0 Å². The van der Waals surface area contributed by atoms with Gasteiger partial charge < -0.3 is 30.5 Å². The Bertz CT molecular complexity index is 1040. The minimum atomic E-state index is -0.761. The number of halogens is 2. The van der Waals surface area contributed by atoms with E-state index < -0.39 is 18.0 Å². The van der Waals surface area contributed by atoms with Crippen LogP contribution in [0, 0.1) is 0 Å². The van der Waals surface area contributed by atoms with Gasteiger partial charge in [0.05, 0.1) is 25.3 Å². The zero-order chi connectivity index (χ0) is 22.5. The number of amides is 3. The molecular formula is C21H21BrClN3O5. The summed E-state index contributed by atoms with van der Waals surface area (Å²) in [5, 5.41) is 17.7. The summed E-state index contributed by atoms with van der Waals surface area (Å²) in [5.41, 5.74) is 1.86. The van der Waals surface area contributed by atoms with Crippen molar-refractivity contribution in [3.8, 4) is 11.5 Å². The fourth-order valence-electron chi connectivity index (χ4n) is 3.19. The first-order valence-corrected chi connectivity index (χ1v) is 10.5. The Morgan fingerprint density at radius 2 is 2.06 bits per heavy atom. The van der Waals surface area contributed by atoms with E-state index in [1.165, 1.54) is 7.11 Å². The molecule has 164 valence electrons. The number of aliphatic hydroxyl groups excluding tert-OH is 1. The van der Waals surface area contributed by atoms with E-state index in [-0.39, 0.29) is 13.2 Å². The third-order valence-corrected chi connectivity index (χ3v) is 5.46. The van der Waals surface area contributed by atoms with Crippen LogP contribution in [0.15, 0.2) is 52.1 Å². The van der Waals surface area contributed by atoms with Gasteiger partial charge in [0.15, 0.2) is 11.5 Å². The topological polar surface area (TPSA) is 109 Å². The summed E-state index contributed by atoms with van der Waals surface area (Å²) in [6.45, 7) is 1.60. The highest BCUT2D eigenvalue weighted by atomic mass is 79.9. The van der Waals surface area contributed by atoms with Gasteiger partial charge in [-0.25, -0.2) is 4.79 Å². The smallest absolute Gasteiger partial charge is 0.319 e. The average Bonchev–Trinajstić information content (AvgIpc) is 2.71. The predicted octanol–water partition coefficient (Wildman–Crippen LogP) is 3.75. The lowest BCUT2D eigenvalue weighted by molar-refractivity contribution is -0.113. The van der Waals surface area contributed by atoms with Gasteiger partial charge in [-0.1, -0.05) is 33.6 Å². The summed E-state index contributed by atoms with van der Waals surface area (Å²) in [7, 11) is 1.48. The first-order valence-electron chi connectivity index (χ1n) is 9.30. The molecule has 8 nitrogen and oxygen atoms in total. The maximum Gasteiger partial charge on any atom is 0.319 e. The largest absolute Gasteiger partial charge is 0.493 e. The van der Waals surface area contributed by atoms with Crippen molar-refractivity contribution in [2.24, 2.45) is 0 Å². The van der Waals surface area contributed by atoms with Crippen molar-refractivity contribution in [2.75, 3.05) is 25.6 Å². The number of hydrogen-bond donors (Lipinski definition) is 4. The minimum Gasteiger partial charge on any atom is -0.493 e. The molecule has 1 aliphatic heterocycles. The fraction of sp³-hybridized carbons (Fsp3) is 0.238. The molecule has 3 rings (SSSR count). The monoisotopic (exact) mass is 509 g/mol. The molecule has 0 saturated carbocycles. The number of carbonyl (C=O) groups excluding carboxylic acids is 2. The molecule has 0 aromatic heterocycles. The number of rotatable bonds is 7. The molecule has 0 spiro atoms. The van der Waals surface area contributed by atoms with Crippen molar-refractivity contribution in [3.63, 3.8) is 0 Å². The lowest BCUT2D eigenvalue weighted by Gasteiger charge is -2.29. The highest BCUT2D eigenvalue weighted by molar-refractivity contribution is 9.10. The molecule has 1 aliphatic rings. The molecule has 4 N–H and O–H groups in total. The van der Waals surface area contributed by atoms with E-state index in [4.69, 9.17) is 26.2 Å². The van der Waals surface area contributed by atoms with Gasteiger partial charge in [-0.15, -0.1) is 0 Å². The first kappa shape index (κ1) is 22.9. The van der Waals surface area contributed by atoms with E-state index in [0.717, 1.165) is 0 Å². The Labute approximate surface area is 192 Å². The summed E-state index contributed by atoms with van der Waals surface area (Å²) in [5.74, 6) is 0.411. The highest BCUT2D eigenvalue weighted by Gasteiger charge is 2.33. The van der Waals surface area contributed by atoms with Gasteiger partial charge in [0.2, 0.25) is 0 Å². The van der Waals surface area contributed by atoms with Crippen LogP contribution in [0.5, 0.6) is 11.5 Å². The van der Waals surface area contributed by atoms with Crippen LogP contribution in [0.25, 0.3) is 0 Å². The summed E-state index contributed by atoms with van der Waals surface area (Å²) in [4.78, 5) is 25.3. The molecule has 0 saturated heterocycles. The number of methoxy groups -OCH3 is 1. The molecule has 0 aliphatic carbocycles. The van der Waals surface area contributed by atoms with Gasteiger partial charge in [0, 0.05) is 20.9 Å². The van der Waals surface area contributed by atoms with Gasteiger partial charge in [-0.05, 0) is 42.8 Å². The number of ether oxygens (including phenoxy) is 2. The van der Waals surface area contributed by atoms with E-state index in [1.807, 2.05) is 0 Å². The normalized spacial score (nSPS) is 15.8. The molecule has 0 fully saturated rings. The predicted molar refractivity (Wildman–Crippen MR) is 120 cm³/mol. The van der Waals surface area contributed by atoms with Gasteiger partial charge >= 0.3 is 6.03 Å². The molecule has 31 heavy (non-hydrogen) atoms. The lowest BCUT2D eigenvalue weighted by Crippen LogP contribution is -2.46. The molecule has 1 heterocycles. The van der Waals surface area contributed by atoms with Crippen LogP contribution in [0.2, 0.25) is 5.02 Å². The third-order valence-electron chi connectivity index (χ3n) is 4.54. The molecule has 10 heteroatoms.